The normalized spacial score (nSPS) is 18.8. The molecule has 128 valence electrons. The Kier molecular flexibility index (Phi) is 4.72. The van der Waals surface area contributed by atoms with Crippen LogP contribution in [0.25, 0.3) is 0 Å². The molecule has 1 aromatic carbocycles. The second-order valence-electron chi connectivity index (χ2n) is 6.69. The third-order valence-corrected chi connectivity index (χ3v) is 6.32. The molecule has 2 aliphatic heterocycles. The van der Waals surface area contributed by atoms with Gasteiger partial charge >= 0.3 is 0 Å². The van der Waals surface area contributed by atoms with Gasteiger partial charge in [-0.05, 0) is 37.3 Å². The summed E-state index contributed by atoms with van der Waals surface area (Å²) in [6, 6.07) is 9.64. The number of thiazole rings is 1. The lowest BCUT2D eigenvalue weighted by atomic mass is 10.0. The van der Waals surface area contributed by atoms with Crippen molar-refractivity contribution in [3.63, 3.8) is 0 Å². The summed E-state index contributed by atoms with van der Waals surface area (Å²) in [5.41, 5.74) is 3.01. The number of likely N-dealkylation sites (tertiary alicyclic amines) is 1. The fraction of sp³-hybridized carbons (Fsp3) is 0.526. The van der Waals surface area contributed by atoms with Gasteiger partial charge in [0.2, 0.25) is 0 Å². The van der Waals surface area contributed by atoms with Crippen molar-refractivity contribution >= 4 is 17.0 Å². The Labute approximate surface area is 148 Å². The summed E-state index contributed by atoms with van der Waals surface area (Å²) in [6.45, 7) is 4.75. The van der Waals surface area contributed by atoms with Crippen LogP contribution >= 0.6 is 11.3 Å². The Morgan fingerprint density at radius 3 is 2.83 bits per heavy atom. The van der Waals surface area contributed by atoms with Crippen LogP contribution in [-0.2, 0) is 12.8 Å². The highest BCUT2D eigenvalue weighted by atomic mass is 32.1. The Hall–Kier alpha value is -1.59. The third-order valence-electron chi connectivity index (χ3n) is 5.30. The minimum Gasteiger partial charge on any atom is -0.473 e. The van der Waals surface area contributed by atoms with Crippen LogP contribution in [-0.4, -0.2) is 49.2 Å². The van der Waals surface area contributed by atoms with Crippen molar-refractivity contribution in [1.82, 2.24) is 9.88 Å². The van der Waals surface area contributed by atoms with Crippen molar-refractivity contribution in [2.24, 2.45) is 0 Å². The van der Waals surface area contributed by atoms with Gasteiger partial charge in [0.15, 0.2) is 0 Å². The van der Waals surface area contributed by atoms with E-state index in [9.17, 15) is 0 Å². The van der Waals surface area contributed by atoms with Gasteiger partial charge in [-0.3, -0.25) is 0 Å². The van der Waals surface area contributed by atoms with Crippen LogP contribution in [0.1, 0.15) is 23.3 Å². The number of piperidine rings is 1. The first kappa shape index (κ1) is 15.9. The molecule has 4 rings (SSSR count). The Bertz CT molecular complexity index is 679. The van der Waals surface area contributed by atoms with Crippen molar-refractivity contribution in [1.29, 1.82) is 0 Å². The van der Waals surface area contributed by atoms with Crippen LogP contribution in [0.3, 0.4) is 0 Å². The van der Waals surface area contributed by atoms with Gasteiger partial charge in [0.05, 0.1) is 7.11 Å². The highest BCUT2D eigenvalue weighted by Crippen LogP contribution is 2.32. The summed E-state index contributed by atoms with van der Waals surface area (Å²) in [4.78, 5) is 10.8. The number of anilines is 1. The first-order valence-corrected chi connectivity index (χ1v) is 9.71. The van der Waals surface area contributed by atoms with E-state index < -0.39 is 0 Å². The van der Waals surface area contributed by atoms with Gasteiger partial charge in [0.1, 0.15) is 0 Å². The van der Waals surface area contributed by atoms with Gasteiger partial charge in [-0.25, -0.2) is 4.98 Å². The van der Waals surface area contributed by atoms with E-state index in [4.69, 9.17) is 4.74 Å². The monoisotopic (exact) mass is 343 g/mol. The number of para-hydroxylation sites is 1. The lowest BCUT2D eigenvalue weighted by Gasteiger charge is -2.38. The highest BCUT2D eigenvalue weighted by molar-refractivity contribution is 7.13. The van der Waals surface area contributed by atoms with E-state index in [0.29, 0.717) is 6.04 Å². The molecule has 5 heteroatoms. The molecule has 0 atom stereocenters. The number of benzene rings is 1. The number of methoxy groups -OCH3 is 1. The van der Waals surface area contributed by atoms with E-state index in [1.807, 2.05) is 6.20 Å². The second-order valence-corrected chi connectivity index (χ2v) is 7.77. The zero-order valence-electron chi connectivity index (χ0n) is 14.3. The van der Waals surface area contributed by atoms with Gasteiger partial charge in [-0.15, -0.1) is 0 Å². The first-order chi connectivity index (χ1) is 11.8. The van der Waals surface area contributed by atoms with Gasteiger partial charge in [-0.1, -0.05) is 29.5 Å². The fourth-order valence-electron chi connectivity index (χ4n) is 3.97. The number of aromatic nitrogens is 1. The molecule has 2 aromatic rings. The van der Waals surface area contributed by atoms with Crippen LogP contribution in [0, 0.1) is 0 Å². The molecule has 24 heavy (non-hydrogen) atoms. The number of rotatable bonds is 5. The average molecular weight is 343 g/mol. The van der Waals surface area contributed by atoms with Crippen molar-refractivity contribution in [2.45, 2.75) is 31.7 Å². The predicted octanol–water partition coefficient (Wildman–Crippen LogP) is 3.22. The molecule has 0 radical (unpaired) electrons. The van der Waals surface area contributed by atoms with E-state index in [1.165, 1.54) is 55.0 Å². The summed E-state index contributed by atoms with van der Waals surface area (Å²) in [5, 5.41) is 0.774. The van der Waals surface area contributed by atoms with Crippen molar-refractivity contribution < 1.29 is 4.74 Å². The molecule has 0 spiro atoms. The van der Waals surface area contributed by atoms with Gasteiger partial charge in [-0.2, -0.15) is 0 Å². The maximum atomic E-state index is 5.17. The highest BCUT2D eigenvalue weighted by Gasteiger charge is 2.28. The number of fused-ring (bicyclic) bond motifs is 1. The Balaban J connectivity index is 1.28. The van der Waals surface area contributed by atoms with Gasteiger partial charge < -0.3 is 14.5 Å². The summed E-state index contributed by atoms with van der Waals surface area (Å²) in [7, 11) is 1.68. The largest absolute Gasteiger partial charge is 0.473 e. The Morgan fingerprint density at radius 1 is 1.21 bits per heavy atom. The summed E-state index contributed by atoms with van der Waals surface area (Å²) < 4.78 is 5.17. The molecule has 0 aliphatic carbocycles. The van der Waals surface area contributed by atoms with Crippen molar-refractivity contribution in [2.75, 3.05) is 38.2 Å². The molecule has 0 bridgehead atoms. The van der Waals surface area contributed by atoms with E-state index in [2.05, 4.69) is 39.0 Å². The van der Waals surface area contributed by atoms with E-state index in [0.717, 1.165) is 18.2 Å². The molecule has 2 aliphatic rings. The molecule has 0 N–H and O–H groups in total. The molecule has 3 heterocycles. The van der Waals surface area contributed by atoms with Crippen molar-refractivity contribution in [3.8, 4) is 5.19 Å². The number of ether oxygens (including phenoxy) is 1. The summed E-state index contributed by atoms with van der Waals surface area (Å²) in [5.74, 6) is 0. The van der Waals surface area contributed by atoms with Crippen LogP contribution in [0.15, 0.2) is 30.5 Å². The summed E-state index contributed by atoms with van der Waals surface area (Å²) >= 11 is 1.67. The molecule has 4 nitrogen and oxygen atoms in total. The van der Waals surface area contributed by atoms with Gasteiger partial charge in [0, 0.05) is 49.0 Å². The second kappa shape index (κ2) is 7.11. The van der Waals surface area contributed by atoms with Crippen LogP contribution in [0.4, 0.5) is 5.69 Å². The minimum absolute atomic E-state index is 0.716. The Morgan fingerprint density at radius 2 is 2.04 bits per heavy atom. The van der Waals surface area contributed by atoms with E-state index in [1.54, 1.807) is 18.4 Å². The van der Waals surface area contributed by atoms with Crippen LogP contribution in [0.5, 0.6) is 5.19 Å². The molecule has 0 amide bonds. The van der Waals surface area contributed by atoms with E-state index in [-0.39, 0.29) is 0 Å². The molecule has 0 saturated carbocycles. The SMILES string of the molecule is COc1ncc(CCN2CCC(N3CCc4ccccc43)CC2)s1. The zero-order chi connectivity index (χ0) is 16.4. The van der Waals surface area contributed by atoms with Crippen molar-refractivity contribution in [3.05, 3.63) is 40.9 Å². The maximum Gasteiger partial charge on any atom is 0.273 e. The molecule has 0 unspecified atom stereocenters. The lowest BCUT2D eigenvalue weighted by molar-refractivity contribution is 0.212. The fourth-order valence-corrected chi connectivity index (χ4v) is 4.68. The molecular weight excluding hydrogens is 318 g/mol. The zero-order valence-corrected chi connectivity index (χ0v) is 15.1. The minimum atomic E-state index is 0.716. The average Bonchev–Trinajstić information content (AvgIpc) is 3.27. The van der Waals surface area contributed by atoms with E-state index >= 15 is 0 Å². The summed E-state index contributed by atoms with van der Waals surface area (Å²) in [6.07, 6.45) is 6.81. The molecule has 1 fully saturated rings. The molecule has 1 aromatic heterocycles. The molecule has 1 saturated heterocycles. The lowest BCUT2D eigenvalue weighted by Crippen LogP contribution is -2.44. The quantitative estimate of drug-likeness (QED) is 0.833. The smallest absolute Gasteiger partial charge is 0.273 e. The number of hydrogen-bond acceptors (Lipinski definition) is 5. The van der Waals surface area contributed by atoms with Crippen LogP contribution < -0.4 is 9.64 Å². The topological polar surface area (TPSA) is 28.6 Å². The van der Waals surface area contributed by atoms with Crippen LogP contribution in [0.2, 0.25) is 0 Å². The van der Waals surface area contributed by atoms with Gasteiger partial charge in [0.25, 0.3) is 5.19 Å². The number of hydrogen-bond donors (Lipinski definition) is 0. The molecular formula is C19H25N3OS. The standard InChI is InChI=1S/C19H25N3OS/c1-23-19-20-14-17(24-19)9-12-21-10-7-16(8-11-21)22-13-6-15-4-2-3-5-18(15)22/h2-5,14,16H,6-13H2,1H3. The third kappa shape index (κ3) is 3.28. The predicted molar refractivity (Wildman–Crippen MR) is 99.3 cm³/mol. The maximum absolute atomic E-state index is 5.17. The number of nitrogens with zero attached hydrogens (tertiary/aromatic N) is 3. The first-order valence-electron chi connectivity index (χ1n) is 8.89.